The molecule has 8 heteroatoms. The van der Waals surface area contributed by atoms with E-state index in [1.54, 1.807) is 11.0 Å². The zero-order valence-corrected chi connectivity index (χ0v) is 35.2. The Morgan fingerprint density at radius 2 is 1.07 bits per heavy atom. The van der Waals surface area contributed by atoms with Crippen LogP contribution in [0.5, 0.6) is 0 Å². The summed E-state index contributed by atoms with van der Waals surface area (Å²) >= 11 is 0. The number of nitrogens with zero attached hydrogens (tertiary/aromatic N) is 5. The number of hydrogen-bond donors (Lipinski definition) is 0. The molecule has 3 heterocycles. The summed E-state index contributed by atoms with van der Waals surface area (Å²) in [6.07, 6.45) is 11.8. The van der Waals surface area contributed by atoms with E-state index in [1.807, 2.05) is 141 Å². The molecule has 3 aromatic carbocycles. The molecule has 235 valence electrons. The average Bonchev–Trinajstić information content (AvgIpc) is 3.63. The van der Waals surface area contributed by atoms with Crippen LogP contribution < -0.4 is 0 Å². The van der Waals surface area contributed by atoms with E-state index >= 15 is 0 Å². The second-order valence-electron chi connectivity index (χ2n) is 8.70. The number of benzene rings is 3. The Hall–Kier alpha value is -0.548. The quantitative estimate of drug-likeness (QED) is 0.143. The molecule has 0 aliphatic heterocycles. The van der Waals surface area contributed by atoms with Crippen molar-refractivity contribution in [2.75, 3.05) is 0 Å². The van der Waals surface area contributed by atoms with Crippen LogP contribution in [-0.4, -0.2) is 23.9 Å². The van der Waals surface area contributed by atoms with E-state index in [9.17, 15) is 0 Å². The molecule has 0 amide bonds. The van der Waals surface area contributed by atoms with E-state index in [1.165, 1.54) is 10.9 Å². The maximum absolute atomic E-state index is 4.21. The molecule has 6 aromatic rings. The van der Waals surface area contributed by atoms with Crippen molar-refractivity contribution in [3.8, 4) is 0 Å². The number of rotatable bonds is 0. The van der Waals surface area contributed by atoms with Crippen LogP contribution in [0.15, 0.2) is 79.4 Å². The maximum Gasteiger partial charge on any atom is 0.0796 e. The van der Waals surface area contributed by atoms with Gasteiger partial charge in [0.2, 0.25) is 0 Å². The SMILES string of the molecule is C.C.C[CH-]C.C[CH-]C.C[CH-]C.Cn1cc2c[c-]ccc2n1.Cn1ccc2c[c-]ccc21.Cn1cnc2c[c-]ccc21.[Y].[Y].[Y]. The summed E-state index contributed by atoms with van der Waals surface area (Å²) in [6.45, 7) is 12.0. The molecule has 0 bridgehead atoms. The molecule has 3 radical (unpaired) electrons. The standard InChI is InChI=1S/C9H8N.2C8H7N2.3C3H7.2CH4.3Y/c1-10-7-6-8-4-2-3-5-9(8)10;1-10-6-9-7-4-2-3-5-8(7)10;1-10-6-7-4-2-3-5-8(7)9-10;3*1-3-2;;;;;/h3-7H,1H3;2*3-6H,1H3;3*3H,1-2H3;2*1H4;;;/q6*-1;;;;;. The first kappa shape index (κ1) is 53.0. The summed E-state index contributed by atoms with van der Waals surface area (Å²) in [4.78, 5) is 4.15. The van der Waals surface area contributed by atoms with Crippen molar-refractivity contribution in [2.45, 2.75) is 56.4 Å². The molecular weight excluding hydrogens is 769 g/mol. The van der Waals surface area contributed by atoms with E-state index in [2.05, 4.69) is 51.2 Å². The molecule has 0 aliphatic carbocycles. The Labute approximate surface area is 345 Å². The van der Waals surface area contributed by atoms with Gasteiger partial charge in [-0.05, 0) is 28.9 Å². The van der Waals surface area contributed by atoms with Gasteiger partial charge in [-0.1, -0.05) is 31.8 Å². The number of fused-ring (bicyclic) bond motifs is 3. The molecule has 6 rings (SSSR count). The molecule has 44 heavy (non-hydrogen) atoms. The maximum atomic E-state index is 4.21. The zero-order chi connectivity index (χ0) is 29.0. The average molecular weight is 821 g/mol. The summed E-state index contributed by atoms with van der Waals surface area (Å²) < 4.78 is 5.89. The van der Waals surface area contributed by atoms with E-state index in [4.69, 9.17) is 0 Å². The summed E-state index contributed by atoms with van der Waals surface area (Å²) in [5, 5.41) is 6.61. The van der Waals surface area contributed by atoms with Crippen LogP contribution >= 0.6 is 0 Å². The van der Waals surface area contributed by atoms with Crippen LogP contribution in [-0.2, 0) is 119 Å². The molecule has 0 saturated carbocycles. The van der Waals surface area contributed by atoms with Gasteiger partial charge in [-0.2, -0.15) is 90.1 Å². The van der Waals surface area contributed by atoms with Gasteiger partial charge in [-0.25, -0.2) is 5.10 Å². The van der Waals surface area contributed by atoms with Crippen molar-refractivity contribution >= 4 is 32.8 Å². The van der Waals surface area contributed by atoms with E-state index in [0.29, 0.717) is 0 Å². The molecule has 0 atom stereocenters. The molecule has 0 N–H and O–H groups in total. The van der Waals surface area contributed by atoms with Crippen molar-refractivity contribution in [2.24, 2.45) is 21.1 Å². The van der Waals surface area contributed by atoms with Gasteiger partial charge in [0, 0.05) is 119 Å². The van der Waals surface area contributed by atoms with Gasteiger partial charge < -0.3 is 33.4 Å². The van der Waals surface area contributed by atoms with Gasteiger partial charge in [-0.3, -0.25) is 4.68 Å². The molecule has 0 fully saturated rings. The largest absolute Gasteiger partial charge is 0.374 e. The van der Waals surface area contributed by atoms with Gasteiger partial charge in [0.1, 0.15) is 0 Å². The van der Waals surface area contributed by atoms with Gasteiger partial charge in [0.15, 0.2) is 0 Å². The smallest absolute Gasteiger partial charge is 0.0796 e. The molecule has 0 spiro atoms. The Kier molecular flexibility index (Phi) is 39.0. The van der Waals surface area contributed by atoms with Gasteiger partial charge in [0.05, 0.1) is 6.33 Å². The Bertz CT molecular complexity index is 1330. The topological polar surface area (TPSA) is 40.6 Å². The van der Waals surface area contributed by atoms with E-state index < -0.39 is 0 Å². The van der Waals surface area contributed by atoms with Crippen LogP contribution in [0.1, 0.15) is 56.4 Å². The molecule has 0 unspecified atom stereocenters. The van der Waals surface area contributed by atoms with Crippen molar-refractivity contribution < 1.29 is 98.1 Å². The summed E-state index contributed by atoms with van der Waals surface area (Å²) in [7, 11) is 5.94. The fourth-order valence-electron chi connectivity index (χ4n) is 3.22. The number of imidazole rings is 1. The van der Waals surface area contributed by atoms with Crippen molar-refractivity contribution in [1.82, 2.24) is 23.9 Å². The third-order valence-electron chi connectivity index (χ3n) is 4.76. The second kappa shape index (κ2) is 32.4. The minimum atomic E-state index is 0. The predicted molar refractivity (Wildman–Crippen MR) is 181 cm³/mol. The predicted octanol–water partition coefficient (Wildman–Crippen LogP) is 9.68. The van der Waals surface area contributed by atoms with Gasteiger partial charge in [-0.15, -0.1) is 29.7 Å². The molecule has 0 saturated heterocycles. The van der Waals surface area contributed by atoms with Crippen molar-refractivity contribution in [1.29, 1.82) is 0 Å². The number of aryl methyl sites for hydroxylation is 3. The van der Waals surface area contributed by atoms with Gasteiger partial charge >= 0.3 is 0 Å². The second-order valence-corrected chi connectivity index (χ2v) is 8.70. The Morgan fingerprint density at radius 3 is 1.57 bits per heavy atom. The van der Waals surface area contributed by atoms with Gasteiger partial charge in [0.25, 0.3) is 0 Å². The zero-order valence-electron chi connectivity index (χ0n) is 26.7. The summed E-state index contributed by atoms with van der Waals surface area (Å²) in [6, 6.07) is 28.6. The molecular formula is C36H51N5Y3-6. The minimum absolute atomic E-state index is 0. The van der Waals surface area contributed by atoms with Crippen LogP contribution in [0.2, 0.25) is 0 Å². The summed E-state index contributed by atoms with van der Waals surface area (Å²) in [5.41, 5.74) is 4.45. The number of aromatic nitrogens is 5. The van der Waals surface area contributed by atoms with E-state index in [-0.39, 0.29) is 113 Å². The van der Waals surface area contributed by atoms with Crippen LogP contribution in [0.3, 0.4) is 0 Å². The molecule has 3 aromatic heterocycles. The Morgan fingerprint density at radius 1 is 0.591 bits per heavy atom. The third-order valence-corrected chi connectivity index (χ3v) is 4.76. The summed E-state index contributed by atoms with van der Waals surface area (Å²) in [5.74, 6) is 0. The van der Waals surface area contributed by atoms with E-state index in [0.717, 1.165) is 21.9 Å². The molecule has 5 nitrogen and oxygen atoms in total. The monoisotopic (exact) mass is 820 g/mol. The normalized spacial score (nSPS) is 8.39. The first-order valence-corrected chi connectivity index (χ1v) is 13.1. The first-order valence-electron chi connectivity index (χ1n) is 13.1. The fourth-order valence-corrected chi connectivity index (χ4v) is 3.22. The number of hydrogen-bond acceptors (Lipinski definition) is 2. The Balaban J connectivity index is -0.000000145. The van der Waals surface area contributed by atoms with Crippen LogP contribution in [0, 0.1) is 37.5 Å². The van der Waals surface area contributed by atoms with Crippen LogP contribution in [0.4, 0.5) is 0 Å². The van der Waals surface area contributed by atoms with Crippen LogP contribution in [0.25, 0.3) is 32.8 Å². The van der Waals surface area contributed by atoms with Crippen molar-refractivity contribution in [3.05, 3.63) is 117 Å². The van der Waals surface area contributed by atoms with Crippen molar-refractivity contribution in [3.63, 3.8) is 0 Å². The molecule has 0 aliphatic rings. The minimum Gasteiger partial charge on any atom is -0.374 e. The first-order chi connectivity index (χ1) is 18.9. The third kappa shape index (κ3) is 19.9. The fraction of sp³-hybridized carbons (Fsp3) is 0.306.